The number of benzene rings is 2. The highest BCUT2D eigenvalue weighted by Crippen LogP contribution is 2.29. The molecule has 0 aliphatic heterocycles. The molecule has 1 N–H and O–H groups in total. The zero-order valence-electron chi connectivity index (χ0n) is 15.4. The number of hydrogen-bond donors (Lipinski definition) is 1. The molecule has 3 aromatic rings. The van der Waals surface area contributed by atoms with Crippen molar-refractivity contribution in [2.24, 2.45) is 5.92 Å². The quantitative estimate of drug-likeness (QED) is 0.632. The van der Waals surface area contributed by atoms with Crippen molar-refractivity contribution in [1.82, 2.24) is 5.16 Å². The summed E-state index contributed by atoms with van der Waals surface area (Å²) in [5.74, 6) is -3.58. The van der Waals surface area contributed by atoms with Crippen LogP contribution in [0.5, 0.6) is 5.75 Å². The van der Waals surface area contributed by atoms with Gasteiger partial charge in [-0.2, -0.15) is 0 Å². The summed E-state index contributed by atoms with van der Waals surface area (Å²) >= 11 is 0. The summed E-state index contributed by atoms with van der Waals surface area (Å²) in [5, 5.41) is 13.0. The van der Waals surface area contributed by atoms with E-state index in [2.05, 4.69) is 5.16 Å². The molecule has 1 unspecified atom stereocenters. The number of ether oxygens (including phenoxy) is 1. The molecule has 0 fully saturated rings. The highest BCUT2D eigenvalue weighted by atomic mass is 19.1. The molecule has 1 aromatic heterocycles. The summed E-state index contributed by atoms with van der Waals surface area (Å²) < 4.78 is 39.3. The number of rotatable bonds is 7. The van der Waals surface area contributed by atoms with Crippen molar-refractivity contribution >= 4 is 5.97 Å². The Morgan fingerprint density at radius 3 is 2.46 bits per heavy atom. The third-order valence-electron chi connectivity index (χ3n) is 4.41. The molecule has 0 aliphatic rings. The zero-order valence-corrected chi connectivity index (χ0v) is 15.4. The normalized spacial score (nSPS) is 12.0. The van der Waals surface area contributed by atoms with Gasteiger partial charge >= 0.3 is 5.97 Å². The molecule has 5 nitrogen and oxygen atoms in total. The molecule has 2 aromatic carbocycles. The first-order valence-electron chi connectivity index (χ1n) is 8.71. The first-order chi connectivity index (χ1) is 13.4. The molecule has 0 saturated carbocycles. The first-order valence-corrected chi connectivity index (χ1v) is 8.71. The fourth-order valence-corrected chi connectivity index (χ4v) is 2.84. The van der Waals surface area contributed by atoms with Crippen LogP contribution in [0, 0.1) is 24.5 Å². The smallest absolute Gasteiger partial charge is 0.306 e. The minimum Gasteiger partial charge on any atom is -0.483 e. The van der Waals surface area contributed by atoms with Gasteiger partial charge in [-0.05, 0) is 31.0 Å². The molecular formula is C21H19F2NO4. The molecule has 0 saturated heterocycles. The van der Waals surface area contributed by atoms with E-state index in [1.54, 1.807) is 6.92 Å². The van der Waals surface area contributed by atoms with Crippen LogP contribution >= 0.6 is 0 Å². The van der Waals surface area contributed by atoms with Gasteiger partial charge in [0, 0.05) is 5.56 Å². The maximum atomic E-state index is 14.4. The molecule has 0 radical (unpaired) electrons. The van der Waals surface area contributed by atoms with E-state index in [1.807, 2.05) is 30.3 Å². The molecule has 0 amide bonds. The van der Waals surface area contributed by atoms with E-state index in [4.69, 9.17) is 14.4 Å². The number of aromatic nitrogens is 1. The number of aryl methyl sites for hydroxylation is 1. The van der Waals surface area contributed by atoms with Crippen molar-refractivity contribution < 1.29 is 27.9 Å². The largest absolute Gasteiger partial charge is 0.483 e. The zero-order chi connectivity index (χ0) is 20.3. The second-order valence-corrected chi connectivity index (χ2v) is 6.55. The molecule has 146 valence electrons. The van der Waals surface area contributed by atoms with Gasteiger partial charge in [0.25, 0.3) is 0 Å². The van der Waals surface area contributed by atoms with Gasteiger partial charge in [0.2, 0.25) is 0 Å². The SMILES string of the molecule is Cc1onc(-c2ccccc2)c1COc1c(F)cc(CC(C)C(=O)O)cc1F. The van der Waals surface area contributed by atoms with Crippen molar-refractivity contribution in [2.75, 3.05) is 0 Å². The van der Waals surface area contributed by atoms with Gasteiger partial charge in [-0.25, -0.2) is 8.78 Å². The van der Waals surface area contributed by atoms with Gasteiger partial charge in [0.15, 0.2) is 17.4 Å². The van der Waals surface area contributed by atoms with Gasteiger partial charge < -0.3 is 14.4 Å². The lowest BCUT2D eigenvalue weighted by molar-refractivity contribution is -0.141. The number of carbonyl (C=O) groups is 1. The Hall–Kier alpha value is -3.22. The second kappa shape index (κ2) is 8.21. The molecule has 0 aliphatic carbocycles. The number of halogens is 2. The molecule has 1 atom stereocenters. The lowest BCUT2D eigenvalue weighted by atomic mass is 10.0. The number of aliphatic carboxylic acids is 1. The molecule has 3 rings (SSSR count). The topological polar surface area (TPSA) is 72.6 Å². The Labute approximate surface area is 160 Å². The lowest BCUT2D eigenvalue weighted by Gasteiger charge is -2.12. The third kappa shape index (κ3) is 4.19. The predicted molar refractivity (Wildman–Crippen MR) is 97.9 cm³/mol. The predicted octanol–water partition coefficient (Wildman–Crippen LogP) is 4.77. The van der Waals surface area contributed by atoms with E-state index in [0.717, 1.165) is 17.7 Å². The van der Waals surface area contributed by atoms with Crippen molar-refractivity contribution in [1.29, 1.82) is 0 Å². The standard InChI is InChI=1S/C21H19F2NO4/c1-12(21(25)26)8-14-9-17(22)20(18(23)10-14)27-11-16-13(2)28-24-19(16)15-6-4-3-5-7-15/h3-7,9-10,12H,8,11H2,1-2H3,(H,25,26). The monoisotopic (exact) mass is 387 g/mol. The Morgan fingerprint density at radius 2 is 1.86 bits per heavy atom. The van der Waals surface area contributed by atoms with Gasteiger partial charge in [0.1, 0.15) is 18.1 Å². The maximum Gasteiger partial charge on any atom is 0.306 e. The Bertz CT molecular complexity index is 962. The van der Waals surface area contributed by atoms with E-state index in [1.165, 1.54) is 6.92 Å². The fraction of sp³-hybridized carbons (Fsp3) is 0.238. The number of carboxylic acids is 1. The lowest BCUT2D eigenvalue weighted by Crippen LogP contribution is -2.12. The highest BCUT2D eigenvalue weighted by molar-refractivity contribution is 5.70. The van der Waals surface area contributed by atoms with Gasteiger partial charge in [-0.15, -0.1) is 0 Å². The first kappa shape index (κ1) is 19.5. The maximum absolute atomic E-state index is 14.4. The average molecular weight is 387 g/mol. The number of carboxylic acid groups (broad SMARTS) is 1. The van der Waals surface area contributed by atoms with E-state index in [0.29, 0.717) is 17.0 Å². The highest BCUT2D eigenvalue weighted by Gasteiger charge is 2.20. The van der Waals surface area contributed by atoms with Gasteiger partial charge in [-0.1, -0.05) is 42.4 Å². The molecule has 7 heteroatoms. The van der Waals surface area contributed by atoms with Crippen molar-refractivity contribution in [3.8, 4) is 17.0 Å². The summed E-state index contributed by atoms with van der Waals surface area (Å²) in [4.78, 5) is 10.9. The van der Waals surface area contributed by atoms with Crippen LogP contribution in [-0.2, 0) is 17.8 Å². The molecule has 0 bridgehead atoms. The summed E-state index contributed by atoms with van der Waals surface area (Å²) in [6, 6.07) is 11.4. The van der Waals surface area contributed by atoms with Crippen LogP contribution in [0.2, 0.25) is 0 Å². The second-order valence-electron chi connectivity index (χ2n) is 6.55. The summed E-state index contributed by atoms with van der Waals surface area (Å²) in [6.07, 6.45) is 0.0202. The molecule has 1 heterocycles. The van der Waals surface area contributed by atoms with E-state index >= 15 is 0 Å². The Morgan fingerprint density at radius 1 is 1.21 bits per heavy atom. The van der Waals surface area contributed by atoms with E-state index in [-0.39, 0.29) is 18.6 Å². The average Bonchev–Trinajstić information content (AvgIpc) is 3.02. The van der Waals surface area contributed by atoms with Gasteiger partial charge in [0.05, 0.1) is 11.5 Å². The Balaban J connectivity index is 1.81. The van der Waals surface area contributed by atoms with Crippen LogP contribution < -0.4 is 4.74 Å². The van der Waals surface area contributed by atoms with Crippen LogP contribution in [0.15, 0.2) is 47.0 Å². The van der Waals surface area contributed by atoms with Crippen LogP contribution in [0.25, 0.3) is 11.3 Å². The van der Waals surface area contributed by atoms with E-state index < -0.39 is 29.3 Å². The molecular weight excluding hydrogens is 368 g/mol. The van der Waals surface area contributed by atoms with Gasteiger partial charge in [-0.3, -0.25) is 4.79 Å². The third-order valence-corrected chi connectivity index (χ3v) is 4.41. The molecule has 28 heavy (non-hydrogen) atoms. The minimum absolute atomic E-state index is 0.0202. The van der Waals surface area contributed by atoms with Crippen molar-refractivity contribution in [3.05, 3.63) is 71.0 Å². The summed E-state index contributed by atoms with van der Waals surface area (Å²) in [7, 11) is 0. The van der Waals surface area contributed by atoms with Crippen molar-refractivity contribution in [3.63, 3.8) is 0 Å². The summed E-state index contributed by atoms with van der Waals surface area (Å²) in [6.45, 7) is 3.04. The van der Waals surface area contributed by atoms with Crippen molar-refractivity contribution in [2.45, 2.75) is 26.9 Å². The fourth-order valence-electron chi connectivity index (χ4n) is 2.84. The van der Waals surface area contributed by atoms with Crippen LogP contribution in [0.1, 0.15) is 23.8 Å². The van der Waals surface area contributed by atoms with Crippen LogP contribution in [-0.4, -0.2) is 16.2 Å². The number of nitrogens with zero attached hydrogens (tertiary/aromatic N) is 1. The number of hydrogen-bond acceptors (Lipinski definition) is 4. The Kier molecular flexibility index (Phi) is 5.73. The molecule has 0 spiro atoms. The van der Waals surface area contributed by atoms with E-state index in [9.17, 15) is 13.6 Å². The minimum atomic E-state index is -1.03. The van der Waals surface area contributed by atoms with Crippen LogP contribution in [0.4, 0.5) is 8.78 Å². The van der Waals surface area contributed by atoms with Crippen LogP contribution in [0.3, 0.4) is 0 Å². The summed E-state index contributed by atoms with van der Waals surface area (Å²) in [5.41, 5.74) is 2.19.